The molecular formula is C18H18BrNO4. The molecule has 0 radical (unpaired) electrons. The Morgan fingerprint density at radius 1 is 1.12 bits per heavy atom. The fourth-order valence-electron chi connectivity index (χ4n) is 2.91. The van der Waals surface area contributed by atoms with E-state index in [2.05, 4.69) is 15.9 Å². The summed E-state index contributed by atoms with van der Waals surface area (Å²) in [5.41, 5.74) is 2.48. The molecule has 1 aliphatic heterocycles. The van der Waals surface area contributed by atoms with E-state index in [1.165, 1.54) is 6.07 Å². The first-order chi connectivity index (χ1) is 11.5. The summed E-state index contributed by atoms with van der Waals surface area (Å²) < 4.78 is 11.4. The SMILES string of the molecule is COc1cc2c(cc1OC)CN(C(=O)c1cc(Br)ccc1O)CC2. The lowest BCUT2D eigenvalue weighted by Gasteiger charge is -2.30. The van der Waals surface area contributed by atoms with Crippen molar-refractivity contribution < 1.29 is 19.4 Å². The van der Waals surface area contributed by atoms with Crippen LogP contribution in [0.15, 0.2) is 34.8 Å². The van der Waals surface area contributed by atoms with Gasteiger partial charge in [0.15, 0.2) is 11.5 Å². The van der Waals surface area contributed by atoms with Crippen LogP contribution < -0.4 is 9.47 Å². The first kappa shape index (κ1) is 16.6. The van der Waals surface area contributed by atoms with Crippen LogP contribution in [0.3, 0.4) is 0 Å². The first-order valence-electron chi connectivity index (χ1n) is 7.55. The Hall–Kier alpha value is -2.21. The number of ether oxygens (including phenoxy) is 2. The number of hydrogen-bond acceptors (Lipinski definition) is 4. The number of amides is 1. The number of fused-ring (bicyclic) bond motifs is 1. The number of nitrogens with zero attached hydrogens (tertiary/aromatic N) is 1. The van der Waals surface area contributed by atoms with Gasteiger partial charge in [-0.1, -0.05) is 15.9 Å². The van der Waals surface area contributed by atoms with Gasteiger partial charge in [0.1, 0.15) is 5.75 Å². The van der Waals surface area contributed by atoms with Crippen LogP contribution in [0, 0.1) is 0 Å². The third kappa shape index (κ3) is 3.06. The van der Waals surface area contributed by atoms with Gasteiger partial charge in [-0.2, -0.15) is 0 Å². The van der Waals surface area contributed by atoms with Crippen molar-refractivity contribution in [3.8, 4) is 17.2 Å². The van der Waals surface area contributed by atoms with E-state index >= 15 is 0 Å². The number of carbonyl (C=O) groups excluding carboxylic acids is 1. The molecule has 0 unspecified atom stereocenters. The molecule has 1 heterocycles. The van der Waals surface area contributed by atoms with Gasteiger partial charge >= 0.3 is 0 Å². The molecule has 1 amide bonds. The molecule has 126 valence electrons. The van der Waals surface area contributed by atoms with Crippen LogP contribution in [0.1, 0.15) is 21.5 Å². The monoisotopic (exact) mass is 391 g/mol. The van der Waals surface area contributed by atoms with Crippen molar-refractivity contribution in [2.45, 2.75) is 13.0 Å². The lowest BCUT2D eigenvalue weighted by atomic mass is 9.98. The Kier molecular flexibility index (Phi) is 4.66. The number of phenols is 1. The molecule has 24 heavy (non-hydrogen) atoms. The normalized spacial score (nSPS) is 13.4. The zero-order chi connectivity index (χ0) is 17.3. The van der Waals surface area contributed by atoms with Gasteiger partial charge in [-0.05, 0) is 47.9 Å². The summed E-state index contributed by atoms with van der Waals surface area (Å²) in [5, 5.41) is 9.98. The predicted octanol–water partition coefficient (Wildman–Crippen LogP) is 3.37. The number of methoxy groups -OCH3 is 2. The van der Waals surface area contributed by atoms with Gasteiger partial charge in [-0.25, -0.2) is 0 Å². The smallest absolute Gasteiger partial charge is 0.257 e. The van der Waals surface area contributed by atoms with Gasteiger partial charge in [-0.3, -0.25) is 4.79 Å². The highest BCUT2D eigenvalue weighted by Crippen LogP contribution is 2.34. The number of carbonyl (C=O) groups is 1. The van der Waals surface area contributed by atoms with Crippen LogP contribution in [0.25, 0.3) is 0 Å². The molecule has 1 N–H and O–H groups in total. The van der Waals surface area contributed by atoms with Gasteiger partial charge < -0.3 is 19.5 Å². The quantitative estimate of drug-likeness (QED) is 0.870. The number of aromatic hydroxyl groups is 1. The van der Waals surface area contributed by atoms with Crippen molar-refractivity contribution in [1.82, 2.24) is 4.90 Å². The minimum absolute atomic E-state index is 0.0127. The van der Waals surface area contributed by atoms with Crippen molar-refractivity contribution >= 4 is 21.8 Å². The maximum absolute atomic E-state index is 12.7. The molecule has 0 atom stereocenters. The second-order valence-corrected chi connectivity index (χ2v) is 6.53. The molecule has 3 rings (SSSR count). The highest BCUT2D eigenvalue weighted by molar-refractivity contribution is 9.10. The minimum atomic E-state index is -0.186. The third-order valence-corrected chi connectivity index (χ3v) is 4.69. The predicted molar refractivity (Wildman–Crippen MR) is 93.8 cm³/mol. The van der Waals surface area contributed by atoms with Crippen molar-refractivity contribution in [3.05, 3.63) is 51.5 Å². The summed E-state index contributed by atoms with van der Waals surface area (Å²) in [6, 6.07) is 8.74. The van der Waals surface area contributed by atoms with Crippen molar-refractivity contribution in [1.29, 1.82) is 0 Å². The topological polar surface area (TPSA) is 59.0 Å². The Bertz CT molecular complexity index is 791. The molecule has 1 aliphatic rings. The van der Waals surface area contributed by atoms with Gasteiger partial charge in [0, 0.05) is 17.6 Å². The zero-order valence-electron chi connectivity index (χ0n) is 13.5. The summed E-state index contributed by atoms with van der Waals surface area (Å²) in [6.07, 6.45) is 0.732. The number of benzene rings is 2. The number of hydrogen-bond donors (Lipinski definition) is 1. The Labute approximate surface area is 148 Å². The van der Waals surface area contributed by atoms with Crippen LogP contribution in [-0.2, 0) is 13.0 Å². The van der Waals surface area contributed by atoms with E-state index in [1.807, 2.05) is 12.1 Å². The molecule has 0 spiro atoms. The number of phenolic OH excluding ortho intramolecular Hbond substituents is 1. The molecule has 5 nitrogen and oxygen atoms in total. The average molecular weight is 392 g/mol. The van der Waals surface area contributed by atoms with E-state index in [4.69, 9.17) is 9.47 Å². The maximum atomic E-state index is 12.7. The summed E-state index contributed by atoms with van der Waals surface area (Å²) in [7, 11) is 3.20. The van der Waals surface area contributed by atoms with Crippen molar-refractivity contribution in [2.24, 2.45) is 0 Å². The van der Waals surface area contributed by atoms with Crippen LogP contribution in [-0.4, -0.2) is 36.7 Å². The standard InChI is InChI=1S/C18H18BrNO4/c1-23-16-7-11-5-6-20(10-12(11)8-17(16)24-2)18(22)14-9-13(19)3-4-15(14)21/h3-4,7-9,21H,5-6,10H2,1-2H3. The molecule has 0 bridgehead atoms. The van der Waals surface area contributed by atoms with E-state index in [0.717, 1.165) is 22.0 Å². The number of rotatable bonds is 3. The second kappa shape index (κ2) is 6.73. The van der Waals surface area contributed by atoms with Gasteiger partial charge in [-0.15, -0.1) is 0 Å². The first-order valence-corrected chi connectivity index (χ1v) is 8.34. The molecule has 2 aromatic carbocycles. The van der Waals surface area contributed by atoms with E-state index < -0.39 is 0 Å². The van der Waals surface area contributed by atoms with E-state index in [0.29, 0.717) is 30.2 Å². The molecule has 0 fully saturated rings. The summed E-state index contributed by atoms with van der Waals surface area (Å²) in [4.78, 5) is 14.5. The van der Waals surface area contributed by atoms with Gasteiger partial charge in [0.2, 0.25) is 0 Å². The van der Waals surface area contributed by atoms with E-state index in [1.54, 1.807) is 31.3 Å². The third-order valence-electron chi connectivity index (χ3n) is 4.19. The molecule has 0 aliphatic carbocycles. The Balaban J connectivity index is 1.89. The van der Waals surface area contributed by atoms with Gasteiger partial charge in [0.25, 0.3) is 5.91 Å². The van der Waals surface area contributed by atoms with Crippen LogP contribution >= 0.6 is 15.9 Å². The fraction of sp³-hybridized carbons (Fsp3) is 0.278. The van der Waals surface area contributed by atoms with Gasteiger partial charge in [0.05, 0.1) is 19.8 Å². The average Bonchev–Trinajstić information content (AvgIpc) is 2.61. The van der Waals surface area contributed by atoms with Crippen LogP contribution in [0.4, 0.5) is 0 Å². The van der Waals surface area contributed by atoms with Crippen LogP contribution in [0.5, 0.6) is 17.2 Å². The molecular weight excluding hydrogens is 374 g/mol. The van der Waals surface area contributed by atoms with E-state index in [9.17, 15) is 9.90 Å². The largest absolute Gasteiger partial charge is 0.507 e. The molecule has 0 saturated carbocycles. The summed E-state index contributed by atoms with van der Waals surface area (Å²) >= 11 is 3.34. The Morgan fingerprint density at radius 2 is 1.79 bits per heavy atom. The Morgan fingerprint density at radius 3 is 2.46 bits per heavy atom. The summed E-state index contributed by atoms with van der Waals surface area (Å²) in [6.45, 7) is 1.06. The highest BCUT2D eigenvalue weighted by atomic mass is 79.9. The molecule has 2 aromatic rings. The van der Waals surface area contributed by atoms with E-state index in [-0.39, 0.29) is 11.7 Å². The molecule has 6 heteroatoms. The van der Waals surface area contributed by atoms with Crippen LogP contribution in [0.2, 0.25) is 0 Å². The second-order valence-electron chi connectivity index (χ2n) is 5.61. The lowest BCUT2D eigenvalue weighted by molar-refractivity contribution is 0.0731. The van der Waals surface area contributed by atoms with Crippen molar-refractivity contribution in [2.75, 3.05) is 20.8 Å². The maximum Gasteiger partial charge on any atom is 0.257 e. The minimum Gasteiger partial charge on any atom is -0.507 e. The van der Waals surface area contributed by atoms with Crippen molar-refractivity contribution in [3.63, 3.8) is 0 Å². The lowest BCUT2D eigenvalue weighted by Crippen LogP contribution is -2.36. The highest BCUT2D eigenvalue weighted by Gasteiger charge is 2.25. The zero-order valence-corrected chi connectivity index (χ0v) is 15.1. The molecule has 0 aromatic heterocycles. The molecule has 0 saturated heterocycles. The fourth-order valence-corrected chi connectivity index (χ4v) is 3.27. The number of halogens is 1. The summed E-state index contributed by atoms with van der Waals surface area (Å²) in [5.74, 6) is 1.15.